The molecule has 0 saturated heterocycles. The Hall–Kier alpha value is -0.990. The summed E-state index contributed by atoms with van der Waals surface area (Å²) >= 11 is 0. The van der Waals surface area contributed by atoms with Crippen LogP contribution in [0.4, 0.5) is 4.79 Å². The lowest BCUT2D eigenvalue weighted by Gasteiger charge is -2.13. The van der Waals surface area contributed by atoms with E-state index in [0.29, 0.717) is 13.0 Å². The van der Waals surface area contributed by atoms with Gasteiger partial charge in [0.25, 0.3) is 0 Å². The van der Waals surface area contributed by atoms with E-state index in [1.165, 1.54) is 0 Å². The Balaban J connectivity index is 3.68. The lowest BCUT2D eigenvalue weighted by Crippen LogP contribution is -2.28. The lowest BCUT2D eigenvalue weighted by atomic mass is 10.2. The summed E-state index contributed by atoms with van der Waals surface area (Å²) in [6, 6.07) is 0. The first-order valence-electron chi connectivity index (χ1n) is 4.29. The van der Waals surface area contributed by atoms with Crippen molar-refractivity contribution in [2.45, 2.75) is 32.8 Å². The van der Waals surface area contributed by atoms with Gasteiger partial charge in [0.15, 0.2) is 0 Å². The molecule has 3 heteroatoms. The first-order chi connectivity index (χ1) is 5.74. The third kappa shape index (κ3) is 4.77. The third-order valence-electron chi connectivity index (χ3n) is 1.48. The second-order valence-corrected chi connectivity index (χ2v) is 2.49. The molecule has 0 saturated carbocycles. The molecule has 0 radical (unpaired) electrons. The van der Waals surface area contributed by atoms with Crippen molar-refractivity contribution >= 4 is 6.09 Å². The Morgan fingerprint density at radius 3 is 2.75 bits per heavy atom. The van der Waals surface area contributed by atoms with Crippen molar-refractivity contribution in [3.05, 3.63) is 12.7 Å². The molecule has 1 atom stereocenters. The van der Waals surface area contributed by atoms with E-state index in [-0.39, 0.29) is 12.2 Å². The van der Waals surface area contributed by atoms with E-state index in [4.69, 9.17) is 4.74 Å². The molecule has 70 valence electrons. The summed E-state index contributed by atoms with van der Waals surface area (Å²) in [5.41, 5.74) is 0. The molecule has 0 aliphatic rings. The molecule has 0 aromatic carbocycles. The highest BCUT2D eigenvalue weighted by Crippen LogP contribution is 2.03. The fourth-order valence-corrected chi connectivity index (χ4v) is 0.821. The highest BCUT2D eigenvalue weighted by molar-refractivity contribution is 5.67. The summed E-state index contributed by atoms with van der Waals surface area (Å²) in [7, 11) is 0. The quantitative estimate of drug-likeness (QED) is 0.643. The molecular formula is C9H17NO2. The Morgan fingerprint density at radius 1 is 1.67 bits per heavy atom. The van der Waals surface area contributed by atoms with Gasteiger partial charge in [0.1, 0.15) is 6.10 Å². The predicted molar refractivity (Wildman–Crippen MR) is 49.1 cm³/mol. The van der Waals surface area contributed by atoms with Crippen molar-refractivity contribution in [2.75, 3.05) is 6.54 Å². The molecule has 0 aliphatic heterocycles. The van der Waals surface area contributed by atoms with Crippen LogP contribution in [0.5, 0.6) is 0 Å². The average molecular weight is 171 g/mol. The van der Waals surface area contributed by atoms with Gasteiger partial charge in [-0.3, -0.25) is 0 Å². The molecule has 1 unspecified atom stereocenters. The van der Waals surface area contributed by atoms with Crippen LogP contribution in [0.25, 0.3) is 0 Å². The Labute approximate surface area is 73.8 Å². The fourth-order valence-electron chi connectivity index (χ4n) is 0.821. The molecule has 0 spiro atoms. The van der Waals surface area contributed by atoms with Crippen LogP contribution in [0.1, 0.15) is 26.7 Å². The number of hydrogen-bond donors (Lipinski definition) is 1. The van der Waals surface area contributed by atoms with Crippen molar-refractivity contribution < 1.29 is 9.53 Å². The van der Waals surface area contributed by atoms with Crippen molar-refractivity contribution in [3.8, 4) is 0 Å². The summed E-state index contributed by atoms with van der Waals surface area (Å²) in [5, 5.41) is 2.57. The maximum Gasteiger partial charge on any atom is 0.407 e. The summed E-state index contributed by atoms with van der Waals surface area (Å²) in [4.78, 5) is 10.9. The monoisotopic (exact) mass is 171 g/mol. The Morgan fingerprint density at radius 2 is 2.33 bits per heavy atom. The normalized spacial score (nSPS) is 11.8. The number of alkyl carbamates (subject to hydrolysis) is 1. The van der Waals surface area contributed by atoms with Crippen LogP contribution in [0.15, 0.2) is 12.7 Å². The number of ether oxygens (including phenoxy) is 1. The molecule has 1 N–H and O–H groups in total. The zero-order chi connectivity index (χ0) is 9.40. The van der Waals surface area contributed by atoms with Crippen LogP contribution in [0.2, 0.25) is 0 Å². The van der Waals surface area contributed by atoms with Gasteiger partial charge in [-0.1, -0.05) is 13.0 Å². The minimum absolute atomic E-state index is 0.0333. The Bertz CT molecular complexity index is 145. The van der Waals surface area contributed by atoms with E-state index in [1.54, 1.807) is 6.08 Å². The highest BCUT2D eigenvalue weighted by atomic mass is 16.6. The van der Waals surface area contributed by atoms with Crippen molar-refractivity contribution in [3.63, 3.8) is 0 Å². The number of hydrogen-bond acceptors (Lipinski definition) is 2. The van der Waals surface area contributed by atoms with Crippen molar-refractivity contribution in [1.82, 2.24) is 5.32 Å². The molecule has 0 aromatic rings. The van der Waals surface area contributed by atoms with Crippen LogP contribution in [0.3, 0.4) is 0 Å². The first-order valence-corrected chi connectivity index (χ1v) is 4.29. The maximum atomic E-state index is 10.9. The van der Waals surface area contributed by atoms with Crippen LogP contribution >= 0.6 is 0 Å². The fraction of sp³-hybridized carbons (Fsp3) is 0.667. The van der Waals surface area contributed by atoms with Gasteiger partial charge in [-0.15, -0.1) is 6.58 Å². The molecule has 0 fully saturated rings. The predicted octanol–water partition coefficient (Wildman–Crippen LogP) is 2.09. The van der Waals surface area contributed by atoms with E-state index in [1.807, 2.05) is 13.8 Å². The molecule has 0 aromatic heterocycles. The number of carbonyl (C=O) groups excluding carboxylic acids is 1. The average Bonchev–Trinajstić information content (AvgIpc) is 2.04. The number of nitrogens with one attached hydrogen (secondary N) is 1. The highest BCUT2D eigenvalue weighted by Gasteiger charge is 2.08. The molecule has 0 heterocycles. The maximum absolute atomic E-state index is 10.9. The van der Waals surface area contributed by atoms with Gasteiger partial charge >= 0.3 is 6.09 Å². The van der Waals surface area contributed by atoms with E-state index < -0.39 is 0 Å². The van der Waals surface area contributed by atoms with Crippen LogP contribution in [-0.4, -0.2) is 18.7 Å². The number of amides is 1. The molecule has 12 heavy (non-hydrogen) atoms. The number of rotatable bonds is 5. The van der Waals surface area contributed by atoms with E-state index in [9.17, 15) is 4.79 Å². The van der Waals surface area contributed by atoms with Gasteiger partial charge in [0.05, 0.1) is 0 Å². The number of carbonyl (C=O) groups is 1. The van der Waals surface area contributed by atoms with Gasteiger partial charge in [0.2, 0.25) is 0 Å². The van der Waals surface area contributed by atoms with Gasteiger partial charge in [0, 0.05) is 13.0 Å². The zero-order valence-corrected chi connectivity index (χ0v) is 7.80. The van der Waals surface area contributed by atoms with Gasteiger partial charge < -0.3 is 10.1 Å². The van der Waals surface area contributed by atoms with Gasteiger partial charge in [-0.2, -0.15) is 0 Å². The minimum Gasteiger partial charge on any atom is -0.446 e. The third-order valence-corrected chi connectivity index (χ3v) is 1.48. The SMILES string of the molecule is C=CCC(CC)OC(=O)NCC. The largest absolute Gasteiger partial charge is 0.446 e. The Kier molecular flexibility index (Phi) is 6.15. The summed E-state index contributed by atoms with van der Waals surface area (Å²) < 4.78 is 5.06. The summed E-state index contributed by atoms with van der Waals surface area (Å²) in [6.45, 7) is 8.03. The smallest absolute Gasteiger partial charge is 0.407 e. The van der Waals surface area contributed by atoms with Gasteiger partial charge in [-0.25, -0.2) is 4.79 Å². The van der Waals surface area contributed by atoms with Crippen molar-refractivity contribution in [2.24, 2.45) is 0 Å². The first kappa shape index (κ1) is 11.0. The second kappa shape index (κ2) is 6.70. The molecule has 3 nitrogen and oxygen atoms in total. The van der Waals surface area contributed by atoms with Crippen LogP contribution in [-0.2, 0) is 4.74 Å². The standard InChI is InChI=1S/C9H17NO2/c1-4-7-8(5-2)12-9(11)10-6-3/h4,8H,1,5-7H2,2-3H3,(H,10,11). The van der Waals surface area contributed by atoms with Gasteiger partial charge in [-0.05, 0) is 13.3 Å². The molecule has 1 amide bonds. The summed E-state index contributed by atoms with van der Waals surface area (Å²) in [6.07, 6.45) is 2.92. The van der Waals surface area contributed by atoms with Crippen LogP contribution in [0, 0.1) is 0 Å². The topological polar surface area (TPSA) is 38.3 Å². The molecule has 0 rings (SSSR count). The van der Waals surface area contributed by atoms with E-state index in [2.05, 4.69) is 11.9 Å². The van der Waals surface area contributed by atoms with E-state index >= 15 is 0 Å². The van der Waals surface area contributed by atoms with E-state index in [0.717, 1.165) is 6.42 Å². The molecular weight excluding hydrogens is 154 g/mol. The minimum atomic E-state index is -0.341. The van der Waals surface area contributed by atoms with Crippen molar-refractivity contribution in [1.29, 1.82) is 0 Å². The van der Waals surface area contributed by atoms with Crippen LogP contribution < -0.4 is 5.32 Å². The zero-order valence-electron chi connectivity index (χ0n) is 7.80. The molecule has 0 aliphatic carbocycles. The summed E-state index contributed by atoms with van der Waals surface area (Å²) in [5.74, 6) is 0. The molecule has 0 bridgehead atoms. The second-order valence-electron chi connectivity index (χ2n) is 2.49. The lowest BCUT2D eigenvalue weighted by molar-refractivity contribution is 0.0971.